The third kappa shape index (κ3) is 2.25. The fourth-order valence-corrected chi connectivity index (χ4v) is 2.81. The summed E-state index contributed by atoms with van der Waals surface area (Å²) < 4.78 is 0. The predicted octanol–water partition coefficient (Wildman–Crippen LogP) is 3.05. The predicted molar refractivity (Wildman–Crippen MR) is 71.5 cm³/mol. The highest BCUT2D eigenvalue weighted by Crippen LogP contribution is 2.35. The molecule has 0 spiro atoms. The number of aromatic nitrogens is 1. The van der Waals surface area contributed by atoms with Crippen LogP contribution in [-0.2, 0) is 0 Å². The number of nitro benzene ring substituents is 1. The number of hydrogen-bond donors (Lipinski definition) is 1. The van der Waals surface area contributed by atoms with E-state index in [-0.39, 0.29) is 11.7 Å². The van der Waals surface area contributed by atoms with Crippen LogP contribution in [0.4, 0.5) is 5.69 Å². The second kappa shape index (κ2) is 4.83. The van der Waals surface area contributed by atoms with Crippen molar-refractivity contribution in [3.05, 3.63) is 45.0 Å². The molecule has 18 heavy (non-hydrogen) atoms. The molecule has 0 aliphatic rings. The molecule has 2 rings (SSSR count). The van der Waals surface area contributed by atoms with E-state index in [2.05, 4.69) is 4.98 Å². The van der Waals surface area contributed by atoms with Gasteiger partial charge in [-0.3, -0.25) is 10.1 Å². The molecule has 94 valence electrons. The van der Waals surface area contributed by atoms with Crippen molar-refractivity contribution in [2.45, 2.75) is 19.9 Å². The first-order valence-electron chi connectivity index (χ1n) is 5.47. The zero-order chi connectivity index (χ0) is 13.3. The molecule has 5 nitrogen and oxygen atoms in total. The molecular formula is C12H13N3O2S. The van der Waals surface area contributed by atoms with E-state index in [4.69, 9.17) is 5.73 Å². The number of benzene rings is 1. The summed E-state index contributed by atoms with van der Waals surface area (Å²) in [5.41, 5.74) is 7.29. The standard InChI is InChI=1S/C12H13N3O2S/c1-7(13)11-8(2)14-12(18-11)9-5-3-4-6-10(9)15(16)17/h3-7H,13H2,1-2H3. The van der Waals surface area contributed by atoms with Crippen molar-refractivity contribution in [3.63, 3.8) is 0 Å². The summed E-state index contributed by atoms with van der Waals surface area (Å²) in [6, 6.07) is 6.50. The maximum absolute atomic E-state index is 11.0. The molecule has 0 saturated carbocycles. The highest BCUT2D eigenvalue weighted by atomic mass is 32.1. The van der Waals surface area contributed by atoms with E-state index in [0.29, 0.717) is 10.6 Å². The number of para-hydroxylation sites is 1. The van der Waals surface area contributed by atoms with Gasteiger partial charge in [0.1, 0.15) is 5.01 Å². The van der Waals surface area contributed by atoms with Gasteiger partial charge in [-0.15, -0.1) is 11.3 Å². The molecule has 1 atom stereocenters. The molecule has 1 unspecified atom stereocenters. The van der Waals surface area contributed by atoms with Crippen molar-refractivity contribution in [1.29, 1.82) is 0 Å². The number of hydrogen-bond acceptors (Lipinski definition) is 5. The second-order valence-electron chi connectivity index (χ2n) is 4.03. The molecule has 0 aliphatic carbocycles. The summed E-state index contributed by atoms with van der Waals surface area (Å²) in [5.74, 6) is 0. The van der Waals surface area contributed by atoms with E-state index in [1.165, 1.54) is 17.4 Å². The van der Waals surface area contributed by atoms with Crippen LogP contribution in [0.3, 0.4) is 0 Å². The van der Waals surface area contributed by atoms with E-state index in [9.17, 15) is 10.1 Å². The van der Waals surface area contributed by atoms with E-state index >= 15 is 0 Å². The highest BCUT2D eigenvalue weighted by Gasteiger charge is 2.19. The van der Waals surface area contributed by atoms with Gasteiger partial charge in [0.2, 0.25) is 0 Å². The second-order valence-corrected chi connectivity index (χ2v) is 5.06. The van der Waals surface area contributed by atoms with Crippen LogP contribution in [-0.4, -0.2) is 9.91 Å². The molecule has 0 saturated heterocycles. The first-order chi connectivity index (χ1) is 8.50. The lowest BCUT2D eigenvalue weighted by Gasteiger charge is -2.00. The lowest BCUT2D eigenvalue weighted by molar-refractivity contribution is -0.384. The minimum absolute atomic E-state index is 0.0717. The van der Waals surface area contributed by atoms with Gasteiger partial charge in [-0.05, 0) is 19.9 Å². The van der Waals surface area contributed by atoms with Gasteiger partial charge in [-0.25, -0.2) is 4.98 Å². The maximum Gasteiger partial charge on any atom is 0.279 e. The molecule has 0 bridgehead atoms. The summed E-state index contributed by atoms with van der Waals surface area (Å²) in [6.45, 7) is 3.75. The Labute approximate surface area is 108 Å². The van der Waals surface area contributed by atoms with Gasteiger partial charge in [-0.1, -0.05) is 12.1 Å². The van der Waals surface area contributed by atoms with Crippen molar-refractivity contribution < 1.29 is 4.92 Å². The van der Waals surface area contributed by atoms with Gasteiger partial charge in [-0.2, -0.15) is 0 Å². The van der Waals surface area contributed by atoms with Crippen molar-refractivity contribution in [2.75, 3.05) is 0 Å². The molecule has 2 aromatic rings. The number of nitrogens with two attached hydrogens (primary N) is 1. The molecular weight excluding hydrogens is 250 g/mol. The monoisotopic (exact) mass is 263 g/mol. The Kier molecular flexibility index (Phi) is 3.40. The number of thiazole rings is 1. The lowest BCUT2D eigenvalue weighted by Crippen LogP contribution is -2.03. The summed E-state index contributed by atoms with van der Waals surface area (Å²) in [7, 11) is 0. The summed E-state index contributed by atoms with van der Waals surface area (Å²) in [5, 5.41) is 11.6. The molecule has 1 aromatic carbocycles. The van der Waals surface area contributed by atoms with Crippen molar-refractivity contribution in [1.82, 2.24) is 4.98 Å². The minimum Gasteiger partial charge on any atom is -0.323 e. The fraction of sp³-hybridized carbons (Fsp3) is 0.250. The largest absolute Gasteiger partial charge is 0.323 e. The molecule has 0 fully saturated rings. The van der Waals surface area contributed by atoms with Crippen LogP contribution >= 0.6 is 11.3 Å². The van der Waals surface area contributed by atoms with Gasteiger partial charge in [0.25, 0.3) is 5.69 Å². The SMILES string of the molecule is Cc1nc(-c2ccccc2[N+](=O)[O-])sc1C(C)N. The van der Waals surface area contributed by atoms with Gasteiger partial charge >= 0.3 is 0 Å². The first kappa shape index (κ1) is 12.7. The van der Waals surface area contributed by atoms with Crippen molar-refractivity contribution >= 4 is 17.0 Å². The van der Waals surface area contributed by atoms with Gasteiger partial charge in [0.15, 0.2) is 0 Å². The number of rotatable bonds is 3. The van der Waals surface area contributed by atoms with Gasteiger partial charge in [0.05, 0.1) is 16.2 Å². The van der Waals surface area contributed by atoms with Crippen LogP contribution in [0, 0.1) is 17.0 Å². The zero-order valence-electron chi connectivity index (χ0n) is 10.1. The fourth-order valence-electron chi connectivity index (χ4n) is 1.76. The Balaban J connectivity index is 2.56. The zero-order valence-corrected chi connectivity index (χ0v) is 10.9. The topological polar surface area (TPSA) is 82.0 Å². The summed E-state index contributed by atoms with van der Waals surface area (Å²) in [6.07, 6.45) is 0. The summed E-state index contributed by atoms with van der Waals surface area (Å²) in [4.78, 5) is 15.9. The highest BCUT2D eigenvalue weighted by molar-refractivity contribution is 7.15. The molecule has 2 N–H and O–H groups in total. The lowest BCUT2D eigenvalue weighted by atomic mass is 10.2. The Morgan fingerprint density at radius 2 is 2.11 bits per heavy atom. The minimum atomic E-state index is -0.391. The Morgan fingerprint density at radius 1 is 1.44 bits per heavy atom. The molecule has 0 amide bonds. The molecule has 1 heterocycles. The van der Waals surface area contributed by atoms with Crippen LogP contribution in [0.2, 0.25) is 0 Å². The third-order valence-corrected chi connectivity index (χ3v) is 3.97. The Bertz CT molecular complexity index is 593. The quantitative estimate of drug-likeness (QED) is 0.681. The molecule has 0 radical (unpaired) electrons. The number of aryl methyl sites for hydroxylation is 1. The Morgan fingerprint density at radius 3 is 2.67 bits per heavy atom. The molecule has 0 aliphatic heterocycles. The molecule has 1 aromatic heterocycles. The van der Waals surface area contributed by atoms with E-state index in [0.717, 1.165) is 10.6 Å². The van der Waals surface area contributed by atoms with Crippen LogP contribution in [0.15, 0.2) is 24.3 Å². The first-order valence-corrected chi connectivity index (χ1v) is 6.29. The van der Waals surface area contributed by atoms with Gasteiger partial charge < -0.3 is 5.73 Å². The normalized spacial score (nSPS) is 12.4. The van der Waals surface area contributed by atoms with Crippen LogP contribution in [0.25, 0.3) is 10.6 Å². The van der Waals surface area contributed by atoms with E-state index < -0.39 is 4.92 Å². The van der Waals surface area contributed by atoms with Crippen molar-refractivity contribution in [3.8, 4) is 10.6 Å². The number of nitro groups is 1. The maximum atomic E-state index is 11.0. The van der Waals surface area contributed by atoms with Crippen molar-refractivity contribution in [2.24, 2.45) is 5.73 Å². The molecule has 6 heteroatoms. The van der Waals surface area contributed by atoms with Crippen LogP contribution in [0.1, 0.15) is 23.5 Å². The van der Waals surface area contributed by atoms with E-state index in [1.807, 2.05) is 13.8 Å². The summed E-state index contributed by atoms with van der Waals surface area (Å²) >= 11 is 1.41. The van der Waals surface area contributed by atoms with Crippen LogP contribution < -0.4 is 5.73 Å². The van der Waals surface area contributed by atoms with Crippen LogP contribution in [0.5, 0.6) is 0 Å². The Hall–Kier alpha value is -1.79. The average molecular weight is 263 g/mol. The smallest absolute Gasteiger partial charge is 0.279 e. The number of nitrogens with zero attached hydrogens (tertiary/aromatic N) is 2. The third-order valence-electron chi connectivity index (χ3n) is 2.58. The van der Waals surface area contributed by atoms with Gasteiger partial charge in [0, 0.05) is 17.0 Å². The van der Waals surface area contributed by atoms with E-state index in [1.54, 1.807) is 18.2 Å². The average Bonchev–Trinajstić information content (AvgIpc) is 2.71.